The van der Waals surface area contributed by atoms with E-state index in [1.54, 1.807) is 0 Å². The average Bonchev–Trinajstić information content (AvgIpc) is 2.76. The molecule has 7 nitrogen and oxygen atoms in total. The van der Waals surface area contributed by atoms with Crippen LogP contribution in [0.3, 0.4) is 0 Å². The second kappa shape index (κ2) is 11.9. The van der Waals surface area contributed by atoms with Crippen LogP contribution in [0.5, 0.6) is 0 Å². The first-order valence-corrected chi connectivity index (χ1v) is 7.09. The van der Waals surface area contributed by atoms with E-state index in [2.05, 4.69) is 4.74 Å². The highest BCUT2D eigenvalue weighted by Crippen LogP contribution is 2.08. The Morgan fingerprint density at radius 3 is 1.33 bits per heavy atom. The fourth-order valence-corrected chi connectivity index (χ4v) is 1.69. The van der Waals surface area contributed by atoms with Crippen molar-refractivity contribution in [3.63, 3.8) is 0 Å². The molecule has 0 bridgehead atoms. The third-order valence-electron chi connectivity index (χ3n) is 2.79. The Morgan fingerprint density at radius 1 is 0.762 bits per heavy atom. The predicted molar refractivity (Wildman–Crippen MR) is 72.5 cm³/mol. The summed E-state index contributed by atoms with van der Waals surface area (Å²) in [6.45, 7) is 0. The summed E-state index contributed by atoms with van der Waals surface area (Å²) in [7, 11) is 0. The third-order valence-corrected chi connectivity index (χ3v) is 2.79. The van der Waals surface area contributed by atoms with Gasteiger partial charge < -0.3 is 14.9 Å². The molecule has 120 valence electrons. The SMILES string of the molecule is O=C(O)CCCCCCCCC(=O)O.O=C1CCC(=O)O1. The number of ether oxygens (including phenoxy) is 1. The number of rotatable bonds is 9. The number of carbonyl (C=O) groups is 4. The van der Waals surface area contributed by atoms with Gasteiger partial charge in [0.1, 0.15) is 0 Å². The van der Waals surface area contributed by atoms with Crippen molar-refractivity contribution in [2.75, 3.05) is 0 Å². The maximum Gasteiger partial charge on any atom is 0.314 e. The minimum atomic E-state index is -0.740. The minimum absolute atomic E-state index is 0.245. The smallest absolute Gasteiger partial charge is 0.314 e. The molecule has 0 aromatic carbocycles. The Bertz CT molecular complexity index is 328. The highest BCUT2D eigenvalue weighted by Gasteiger charge is 2.19. The van der Waals surface area contributed by atoms with Crippen LogP contribution < -0.4 is 0 Å². The number of cyclic esters (lactones) is 2. The molecule has 0 aromatic rings. The van der Waals surface area contributed by atoms with Crippen LogP contribution in [-0.2, 0) is 23.9 Å². The van der Waals surface area contributed by atoms with E-state index >= 15 is 0 Å². The molecule has 1 fully saturated rings. The number of hydrogen-bond acceptors (Lipinski definition) is 5. The Labute approximate surface area is 123 Å². The van der Waals surface area contributed by atoms with E-state index in [0.717, 1.165) is 38.5 Å². The fraction of sp³-hybridized carbons (Fsp3) is 0.714. The summed E-state index contributed by atoms with van der Waals surface area (Å²) in [4.78, 5) is 40.3. The molecule has 0 unspecified atom stereocenters. The lowest BCUT2D eigenvalue weighted by Gasteiger charge is -1.98. The number of carbonyl (C=O) groups excluding carboxylic acids is 2. The summed E-state index contributed by atoms with van der Waals surface area (Å²) >= 11 is 0. The molecule has 1 rings (SSSR count). The molecule has 0 radical (unpaired) electrons. The molecule has 0 aromatic heterocycles. The van der Waals surface area contributed by atoms with Crippen molar-refractivity contribution in [2.24, 2.45) is 0 Å². The first-order chi connectivity index (χ1) is 9.91. The van der Waals surface area contributed by atoms with E-state index in [0.29, 0.717) is 0 Å². The molecule has 0 atom stereocenters. The highest BCUT2D eigenvalue weighted by atomic mass is 16.6. The van der Waals surface area contributed by atoms with E-state index in [4.69, 9.17) is 10.2 Å². The quantitative estimate of drug-likeness (QED) is 0.380. The molecule has 0 amide bonds. The predicted octanol–water partition coefficient (Wildman–Crippen LogP) is 2.13. The first kappa shape index (κ1) is 19.1. The van der Waals surface area contributed by atoms with Crippen LogP contribution >= 0.6 is 0 Å². The number of esters is 2. The second-order valence-electron chi connectivity index (χ2n) is 4.75. The second-order valence-corrected chi connectivity index (χ2v) is 4.75. The molecule has 1 aliphatic heterocycles. The number of carboxylic acids is 2. The minimum Gasteiger partial charge on any atom is -0.481 e. The number of carboxylic acid groups (broad SMARTS) is 2. The fourth-order valence-electron chi connectivity index (χ4n) is 1.69. The lowest BCUT2D eigenvalue weighted by atomic mass is 10.1. The molecule has 1 saturated heterocycles. The average molecular weight is 302 g/mol. The summed E-state index contributed by atoms with van der Waals surface area (Å²) in [5.74, 6) is -2.28. The zero-order chi connectivity index (χ0) is 16.1. The monoisotopic (exact) mass is 302 g/mol. The lowest BCUT2D eigenvalue weighted by Crippen LogP contribution is -1.94. The van der Waals surface area contributed by atoms with Gasteiger partial charge >= 0.3 is 23.9 Å². The van der Waals surface area contributed by atoms with Crippen LogP contribution in [0.25, 0.3) is 0 Å². The van der Waals surface area contributed by atoms with Crippen molar-refractivity contribution < 1.29 is 34.1 Å². The van der Waals surface area contributed by atoms with Gasteiger partial charge in [0.2, 0.25) is 0 Å². The summed E-state index contributed by atoms with van der Waals surface area (Å²) in [5, 5.41) is 16.7. The molecule has 1 heterocycles. The van der Waals surface area contributed by atoms with E-state index in [9.17, 15) is 19.2 Å². The van der Waals surface area contributed by atoms with E-state index < -0.39 is 23.9 Å². The maximum absolute atomic E-state index is 10.1. The summed E-state index contributed by atoms with van der Waals surface area (Å²) in [6.07, 6.45) is 6.35. The maximum atomic E-state index is 10.1. The van der Waals surface area contributed by atoms with E-state index in [1.807, 2.05) is 0 Å². The van der Waals surface area contributed by atoms with Gasteiger partial charge in [-0.25, -0.2) is 0 Å². The van der Waals surface area contributed by atoms with Gasteiger partial charge in [-0.15, -0.1) is 0 Å². The summed E-state index contributed by atoms with van der Waals surface area (Å²) < 4.78 is 4.08. The highest BCUT2D eigenvalue weighted by molar-refractivity contribution is 5.92. The van der Waals surface area contributed by atoms with Crippen LogP contribution in [0, 0.1) is 0 Å². The molecular formula is C14H22O7. The Balaban J connectivity index is 0.000000471. The van der Waals surface area contributed by atoms with Crippen molar-refractivity contribution in [3.8, 4) is 0 Å². The topological polar surface area (TPSA) is 118 Å². The Morgan fingerprint density at radius 2 is 1.10 bits per heavy atom. The Hall–Kier alpha value is -1.92. The molecule has 0 saturated carbocycles. The molecule has 0 aliphatic carbocycles. The van der Waals surface area contributed by atoms with Crippen molar-refractivity contribution in [3.05, 3.63) is 0 Å². The zero-order valence-electron chi connectivity index (χ0n) is 12.0. The van der Waals surface area contributed by atoms with Crippen molar-refractivity contribution in [1.82, 2.24) is 0 Å². The van der Waals surface area contributed by atoms with Crippen molar-refractivity contribution in [1.29, 1.82) is 0 Å². The van der Waals surface area contributed by atoms with Gasteiger partial charge in [-0.2, -0.15) is 0 Å². The number of unbranched alkanes of at least 4 members (excludes halogenated alkanes) is 5. The van der Waals surface area contributed by atoms with Crippen LogP contribution in [0.15, 0.2) is 0 Å². The van der Waals surface area contributed by atoms with Crippen LogP contribution in [0.1, 0.15) is 64.2 Å². The number of aliphatic carboxylic acids is 2. The summed E-state index contributed by atoms with van der Waals surface area (Å²) in [6, 6.07) is 0. The molecule has 21 heavy (non-hydrogen) atoms. The molecule has 7 heteroatoms. The normalized spacial score (nSPS) is 13.3. The van der Waals surface area contributed by atoms with Crippen LogP contribution in [0.2, 0.25) is 0 Å². The van der Waals surface area contributed by atoms with E-state index in [1.165, 1.54) is 0 Å². The van der Waals surface area contributed by atoms with Crippen molar-refractivity contribution in [2.45, 2.75) is 64.2 Å². The molecule has 0 spiro atoms. The van der Waals surface area contributed by atoms with Gasteiger partial charge in [0, 0.05) is 12.8 Å². The Kier molecular flexibility index (Phi) is 10.8. The molecule has 1 aliphatic rings. The number of hydrogen-bond donors (Lipinski definition) is 2. The van der Waals surface area contributed by atoms with Gasteiger partial charge in [0.15, 0.2) is 0 Å². The lowest BCUT2D eigenvalue weighted by molar-refractivity contribution is -0.152. The van der Waals surface area contributed by atoms with Gasteiger partial charge in [-0.05, 0) is 12.8 Å². The molecule has 2 N–H and O–H groups in total. The van der Waals surface area contributed by atoms with Crippen LogP contribution in [-0.4, -0.2) is 34.1 Å². The molecular weight excluding hydrogens is 280 g/mol. The van der Waals surface area contributed by atoms with Gasteiger partial charge in [-0.1, -0.05) is 25.7 Å². The first-order valence-electron chi connectivity index (χ1n) is 7.09. The largest absolute Gasteiger partial charge is 0.481 e. The van der Waals surface area contributed by atoms with Gasteiger partial charge in [0.25, 0.3) is 0 Å². The van der Waals surface area contributed by atoms with Gasteiger partial charge in [-0.3, -0.25) is 19.2 Å². The van der Waals surface area contributed by atoms with Gasteiger partial charge in [0.05, 0.1) is 12.8 Å². The zero-order valence-corrected chi connectivity index (χ0v) is 12.0. The third kappa shape index (κ3) is 14.3. The van der Waals surface area contributed by atoms with E-state index in [-0.39, 0.29) is 25.7 Å². The standard InChI is InChI=1S/C10H18O4.C4H4O3/c11-9(12)7-5-3-1-2-4-6-8-10(13)14;5-3-1-2-4(6)7-3/h1-8H2,(H,11,12)(H,13,14);1-2H2. The van der Waals surface area contributed by atoms with Crippen molar-refractivity contribution >= 4 is 23.9 Å². The van der Waals surface area contributed by atoms with Crippen LogP contribution in [0.4, 0.5) is 0 Å². The summed E-state index contributed by atoms with van der Waals surface area (Å²) in [5.41, 5.74) is 0.